The first kappa shape index (κ1) is 14.2. The van der Waals surface area contributed by atoms with E-state index in [0.717, 1.165) is 48.0 Å². The number of likely N-dealkylation sites (N-methyl/N-ethyl adjacent to an activating group) is 1. The van der Waals surface area contributed by atoms with Crippen LogP contribution in [-0.4, -0.2) is 41.0 Å². The van der Waals surface area contributed by atoms with Gasteiger partial charge in [-0.25, -0.2) is 9.97 Å². The molecule has 0 saturated heterocycles. The van der Waals surface area contributed by atoms with Crippen LogP contribution in [0.2, 0.25) is 0 Å². The molecule has 5 heteroatoms. The number of rotatable bonds is 6. The zero-order valence-electron chi connectivity index (χ0n) is 12.2. The second-order valence-electron chi connectivity index (χ2n) is 4.65. The van der Waals surface area contributed by atoms with Gasteiger partial charge in [0.15, 0.2) is 0 Å². The maximum absolute atomic E-state index is 4.53. The molecular weight excluding hydrogens is 256 g/mol. The van der Waals surface area contributed by atoms with E-state index in [4.69, 9.17) is 0 Å². The van der Waals surface area contributed by atoms with Crippen LogP contribution in [0.4, 0.5) is 5.82 Å². The fourth-order valence-corrected chi connectivity index (χ4v) is 3.08. The van der Waals surface area contributed by atoms with Crippen molar-refractivity contribution in [1.29, 1.82) is 0 Å². The van der Waals surface area contributed by atoms with Crippen molar-refractivity contribution in [2.75, 3.05) is 31.5 Å². The van der Waals surface area contributed by atoms with Crippen LogP contribution in [0.3, 0.4) is 0 Å². The SMILES string of the molecule is CCN(CC)CCNc1nc(C)nc2sc(C)cc12. The van der Waals surface area contributed by atoms with Crippen LogP contribution < -0.4 is 5.32 Å². The summed E-state index contributed by atoms with van der Waals surface area (Å²) in [5, 5.41) is 4.60. The Bertz CT molecular complexity index is 546. The Hall–Kier alpha value is -1.20. The van der Waals surface area contributed by atoms with Crippen molar-refractivity contribution >= 4 is 27.4 Å². The topological polar surface area (TPSA) is 41.0 Å². The molecule has 0 aliphatic heterocycles. The second-order valence-corrected chi connectivity index (χ2v) is 5.88. The lowest BCUT2D eigenvalue weighted by atomic mass is 10.3. The molecule has 0 unspecified atom stereocenters. The molecule has 2 rings (SSSR count). The van der Waals surface area contributed by atoms with Crippen molar-refractivity contribution in [3.8, 4) is 0 Å². The molecule has 2 aromatic rings. The van der Waals surface area contributed by atoms with Crippen molar-refractivity contribution in [1.82, 2.24) is 14.9 Å². The summed E-state index contributed by atoms with van der Waals surface area (Å²) in [5.41, 5.74) is 0. The Morgan fingerprint density at radius 1 is 1.21 bits per heavy atom. The number of aryl methyl sites for hydroxylation is 2. The summed E-state index contributed by atoms with van der Waals surface area (Å²) in [5.74, 6) is 1.80. The van der Waals surface area contributed by atoms with E-state index in [1.54, 1.807) is 11.3 Å². The van der Waals surface area contributed by atoms with Gasteiger partial charge >= 0.3 is 0 Å². The lowest BCUT2D eigenvalue weighted by Gasteiger charge is -2.18. The molecule has 0 fully saturated rings. The van der Waals surface area contributed by atoms with Gasteiger partial charge in [0.05, 0.1) is 5.39 Å². The summed E-state index contributed by atoms with van der Waals surface area (Å²) in [4.78, 5) is 13.8. The summed E-state index contributed by atoms with van der Waals surface area (Å²) >= 11 is 1.73. The van der Waals surface area contributed by atoms with Crippen LogP contribution in [0, 0.1) is 13.8 Å². The number of nitrogens with zero attached hydrogens (tertiary/aromatic N) is 3. The largest absolute Gasteiger partial charge is 0.368 e. The highest BCUT2D eigenvalue weighted by molar-refractivity contribution is 7.18. The van der Waals surface area contributed by atoms with Crippen molar-refractivity contribution in [2.24, 2.45) is 0 Å². The second kappa shape index (κ2) is 6.30. The summed E-state index contributed by atoms with van der Waals surface area (Å²) in [6.07, 6.45) is 0. The molecule has 19 heavy (non-hydrogen) atoms. The molecule has 0 atom stereocenters. The van der Waals surface area contributed by atoms with E-state index in [1.807, 2.05) is 6.92 Å². The average Bonchev–Trinajstić information content (AvgIpc) is 2.74. The van der Waals surface area contributed by atoms with Gasteiger partial charge in [-0.1, -0.05) is 13.8 Å². The molecule has 0 radical (unpaired) electrons. The van der Waals surface area contributed by atoms with E-state index in [-0.39, 0.29) is 0 Å². The summed E-state index contributed by atoms with van der Waals surface area (Å²) < 4.78 is 0. The third kappa shape index (κ3) is 3.42. The molecule has 2 heterocycles. The predicted octanol–water partition coefficient (Wildman–Crippen LogP) is 3.06. The number of fused-ring (bicyclic) bond motifs is 1. The maximum atomic E-state index is 4.53. The van der Waals surface area contributed by atoms with E-state index in [2.05, 4.69) is 47.0 Å². The van der Waals surface area contributed by atoms with E-state index in [1.165, 1.54) is 4.88 Å². The minimum atomic E-state index is 0.833. The van der Waals surface area contributed by atoms with Gasteiger partial charge in [-0.3, -0.25) is 0 Å². The van der Waals surface area contributed by atoms with Crippen molar-refractivity contribution in [2.45, 2.75) is 27.7 Å². The molecule has 0 amide bonds. The molecule has 104 valence electrons. The van der Waals surface area contributed by atoms with Gasteiger partial charge in [0.25, 0.3) is 0 Å². The number of aromatic nitrogens is 2. The number of thiophene rings is 1. The number of hydrogen-bond acceptors (Lipinski definition) is 5. The lowest BCUT2D eigenvalue weighted by molar-refractivity contribution is 0.316. The van der Waals surface area contributed by atoms with Crippen LogP contribution in [-0.2, 0) is 0 Å². The Morgan fingerprint density at radius 3 is 2.63 bits per heavy atom. The average molecular weight is 278 g/mol. The first-order valence-electron chi connectivity index (χ1n) is 6.85. The Kier molecular flexibility index (Phi) is 4.71. The van der Waals surface area contributed by atoms with E-state index in [0.29, 0.717) is 0 Å². The van der Waals surface area contributed by atoms with Crippen molar-refractivity contribution in [3.63, 3.8) is 0 Å². The lowest BCUT2D eigenvalue weighted by Crippen LogP contribution is -2.28. The number of nitrogens with one attached hydrogen (secondary N) is 1. The predicted molar refractivity (Wildman–Crippen MR) is 83.2 cm³/mol. The Morgan fingerprint density at radius 2 is 1.95 bits per heavy atom. The first-order chi connectivity index (χ1) is 9.13. The summed E-state index contributed by atoms with van der Waals surface area (Å²) in [6.45, 7) is 12.6. The standard InChI is InChI=1S/C14H22N4S/c1-5-18(6-2)8-7-15-13-12-9-10(3)19-14(12)17-11(4)16-13/h9H,5-8H2,1-4H3,(H,15,16,17). The zero-order chi connectivity index (χ0) is 13.8. The molecule has 0 aromatic carbocycles. The van der Waals surface area contributed by atoms with Crippen molar-refractivity contribution in [3.05, 3.63) is 16.8 Å². The third-order valence-electron chi connectivity index (χ3n) is 3.24. The molecular formula is C14H22N4S. The summed E-state index contributed by atoms with van der Waals surface area (Å²) in [7, 11) is 0. The van der Waals surface area contributed by atoms with Crippen molar-refractivity contribution < 1.29 is 0 Å². The van der Waals surface area contributed by atoms with Gasteiger partial charge in [0.1, 0.15) is 16.5 Å². The van der Waals surface area contributed by atoms with Gasteiger partial charge in [0, 0.05) is 18.0 Å². The van der Waals surface area contributed by atoms with E-state index < -0.39 is 0 Å². The van der Waals surface area contributed by atoms with Gasteiger partial charge in [-0.2, -0.15) is 0 Å². The fourth-order valence-electron chi connectivity index (χ4n) is 2.16. The molecule has 0 spiro atoms. The Balaban J connectivity index is 2.11. The highest BCUT2D eigenvalue weighted by atomic mass is 32.1. The van der Waals surface area contributed by atoms with Gasteiger partial charge < -0.3 is 10.2 Å². The molecule has 4 nitrogen and oxygen atoms in total. The zero-order valence-corrected chi connectivity index (χ0v) is 13.0. The number of anilines is 1. The van der Waals surface area contributed by atoms with Crippen LogP contribution in [0.1, 0.15) is 24.5 Å². The highest BCUT2D eigenvalue weighted by Gasteiger charge is 2.08. The quantitative estimate of drug-likeness (QED) is 0.881. The molecule has 0 bridgehead atoms. The van der Waals surface area contributed by atoms with E-state index in [9.17, 15) is 0 Å². The molecule has 0 aliphatic rings. The van der Waals surface area contributed by atoms with Crippen LogP contribution in [0.5, 0.6) is 0 Å². The smallest absolute Gasteiger partial charge is 0.138 e. The van der Waals surface area contributed by atoms with Gasteiger partial charge in [-0.05, 0) is 33.0 Å². The van der Waals surface area contributed by atoms with Gasteiger partial charge in [-0.15, -0.1) is 11.3 Å². The van der Waals surface area contributed by atoms with Crippen LogP contribution in [0.25, 0.3) is 10.2 Å². The fraction of sp³-hybridized carbons (Fsp3) is 0.571. The minimum absolute atomic E-state index is 0.833. The molecule has 1 N–H and O–H groups in total. The highest BCUT2D eigenvalue weighted by Crippen LogP contribution is 2.28. The van der Waals surface area contributed by atoms with Gasteiger partial charge in [0.2, 0.25) is 0 Å². The first-order valence-corrected chi connectivity index (χ1v) is 7.66. The normalized spacial score (nSPS) is 11.4. The molecule has 0 saturated carbocycles. The van der Waals surface area contributed by atoms with Crippen LogP contribution in [0.15, 0.2) is 6.07 Å². The molecule has 0 aliphatic carbocycles. The van der Waals surface area contributed by atoms with Crippen LogP contribution >= 0.6 is 11.3 Å². The Labute approximate surface area is 118 Å². The number of hydrogen-bond donors (Lipinski definition) is 1. The summed E-state index contributed by atoms with van der Waals surface area (Å²) in [6, 6.07) is 2.17. The molecule has 2 aromatic heterocycles. The minimum Gasteiger partial charge on any atom is -0.368 e. The van der Waals surface area contributed by atoms with E-state index >= 15 is 0 Å². The monoisotopic (exact) mass is 278 g/mol. The third-order valence-corrected chi connectivity index (χ3v) is 4.19. The maximum Gasteiger partial charge on any atom is 0.138 e.